The summed E-state index contributed by atoms with van der Waals surface area (Å²) in [5.41, 5.74) is 3.50. The summed E-state index contributed by atoms with van der Waals surface area (Å²) in [5.74, 6) is 0.838. The number of nitrogens with zero attached hydrogens (tertiary/aromatic N) is 2. The van der Waals surface area contributed by atoms with Gasteiger partial charge >= 0.3 is 0 Å². The van der Waals surface area contributed by atoms with E-state index in [0.29, 0.717) is 5.56 Å². The van der Waals surface area contributed by atoms with E-state index in [1.807, 2.05) is 35.8 Å². The smallest absolute Gasteiger partial charge is 0.255 e. The molecule has 0 bridgehead atoms. The van der Waals surface area contributed by atoms with Gasteiger partial charge in [0.25, 0.3) is 5.56 Å². The average molecular weight is 294 g/mol. The topological polar surface area (TPSA) is 55.0 Å². The molecule has 0 N–H and O–H groups in total. The number of rotatable bonds is 4. The minimum atomic E-state index is -0.0324. The van der Waals surface area contributed by atoms with Gasteiger partial charge in [0.2, 0.25) is 0 Å². The highest BCUT2D eigenvalue weighted by Gasteiger charge is 2.28. The third-order valence-corrected chi connectivity index (χ3v) is 4.07. The summed E-state index contributed by atoms with van der Waals surface area (Å²) in [6.07, 6.45) is 2.21. The minimum absolute atomic E-state index is 0.0324. The number of nitriles is 1. The minimum Gasteiger partial charge on any atom is -0.496 e. The molecule has 1 aromatic carbocycles. The molecule has 0 saturated heterocycles. The van der Waals surface area contributed by atoms with Crippen LogP contribution in [0.1, 0.15) is 30.0 Å². The lowest BCUT2D eigenvalue weighted by atomic mass is 10.1. The van der Waals surface area contributed by atoms with E-state index < -0.39 is 0 Å². The van der Waals surface area contributed by atoms with Crippen LogP contribution in [0.25, 0.3) is 11.3 Å². The van der Waals surface area contributed by atoms with Crippen molar-refractivity contribution in [3.05, 3.63) is 51.8 Å². The molecule has 1 fully saturated rings. The summed E-state index contributed by atoms with van der Waals surface area (Å²) in [6.45, 7) is 1.99. The summed E-state index contributed by atoms with van der Waals surface area (Å²) in [6, 6.07) is 12.0. The van der Waals surface area contributed by atoms with Crippen molar-refractivity contribution < 1.29 is 4.74 Å². The average Bonchev–Trinajstić information content (AvgIpc) is 3.33. The van der Waals surface area contributed by atoms with Gasteiger partial charge in [0, 0.05) is 11.6 Å². The molecule has 0 aliphatic heterocycles. The Hall–Kier alpha value is -2.54. The van der Waals surface area contributed by atoms with Gasteiger partial charge < -0.3 is 9.30 Å². The first kappa shape index (κ1) is 14.4. The van der Waals surface area contributed by atoms with Gasteiger partial charge in [-0.1, -0.05) is 6.07 Å². The van der Waals surface area contributed by atoms with Crippen LogP contribution in [0.5, 0.6) is 5.75 Å². The predicted molar refractivity (Wildman–Crippen MR) is 85.0 cm³/mol. The lowest BCUT2D eigenvalue weighted by Crippen LogP contribution is -2.24. The van der Waals surface area contributed by atoms with Gasteiger partial charge in [-0.3, -0.25) is 4.79 Å². The maximum atomic E-state index is 12.6. The fourth-order valence-corrected chi connectivity index (χ4v) is 2.78. The molecule has 0 spiro atoms. The normalized spacial score (nSPS) is 13.7. The van der Waals surface area contributed by atoms with Gasteiger partial charge in [-0.05, 0) is 55.2 Å². The number of pyridine rings is 1. The number of ether oxygens (including phenoxy) is 1. The second-order valence-corrected chi connectivity index (χ2v) is 5.67. The van der Waals surface area contributed by atoms with E-state index in [1.54, 1.807) is 13.2 Å². The molecule has 1 heterocycles. The fraction of sp³-hybridized carbons (Fsp3) is 0.333. The fourth-order valence-electron chi connectivity index (χ4n) is 2.78. The van der Waals surface area contributed by atoms with Gasteiger partial charge in [-0.2, -0.15) is 5.26 Å². The summed E-state index contributed by atoms with van der Waals surface area (Å²) >= 11 is 0. The van der Waals surface area contributed by atoms with E-state index in [9.17, 15) is 4.79 Å². The van der Waals surface area contributed by atoms with Gasteiger partial charge in [-0.15, -0.1) is 0 Å². The Morgan fingerprint density at radius 1 is 1.32 bits per heavy atom. The monoisotopic (exact) mass is 294 g/mol. The van der Waals surface area contributed by atoms with Crippen LogP contribution in [0.15, 0.2) is 35.1 Å². The molecule has 112 valence electrons. The number of aryl methyl sites for hydroxylation is 1. The van der Waals surface area contributed by atoms with E-state index in [2.05, 4.69) is 6.07 Å². The van der Waals surface area contributed by atoms with E-state index in [1.165, 1.54) is 0 Å². The van der Waals surface area contributed by atoms with Crippen molar-refractivity contribution in [1.82, 2.24) is 4.57 Å². The highest BCUT2D eigenvalue weighted by Crippen LogP contribution is 2.37. The zero-order chi connectivity index (χ0) is 15.7. The lowest BCUT2D eigenvalue weighted by molar-refractivity contribution is 0.412. The molecular weight excluding hydrogens is 276 g/mol. The number of methoxy groups -OCH3 is 1. The zero-order valence-corrected chi connectivity index (χ0v) is 12.8. The van der Waals surface area contributed by atoms with E-state index in [4.69, 9.17) is 10.00 Å². The Kier molecular flexibility index (Phi) is 3.72. The van der Waals surface area contributed by atoms with Crippen molar-refractivity contribution in [3.8, 4) is 23.1 Å². The third-order valence-electron chi connectivity index (χ3n) is 4.07. The van der Waals surface area contributed by atoms with Gasteiger partial charge in [-0.25, -0.2) is 0 Å². The Balaban J connectivity index is 2.15. The van der Waals surface area contributed by atoms with Gasteiger partial charge in [0.15, 0.2) is 0 Å². The predicted octanol–water partition coefficient (Wildman–Crippen LogP) is 3.23. The van der Waals surface area contributed by atoms with Crippen molar-refractivity contribution in [2.45, 2.75) is 32.2 Å². The standard InChI is InChI=1S/C18H18N2O2/c1-12-11-14(4-8-17(12)22-2)16-7-3-13(9-10-19)18(21)20(16)15-5-6-15/h3-4,7-8,11,15H,5-6,9H2,1-2H3. The second-order valence-electron chi connectivity index (χ2n) is 5.67. The molecule has 0 unspecified atom stereocenters. The molecule has 1 aliphatic carbocycles. The van der Waals surface area contributed by atoms with Crippen molar-refractivity contribution >= 4 is 0 Å². The Morgan fingerprint density at radius 2 is 2.09 bits per heavy atom. The summed E-state index contributed by atoms with van der Waals surface area (Å²) in [5, 5.41) is 8.86. The number of benzene rings is 1. The molecule has 1 aromatic heterocycles. The lowest BCUT2D eigenvalue weighted by Gasteiger charge is -2.15. The van der Waals surface area contributed by atoms with Crippen LogP contribution >= 0.6 is 0 Å². The van der Waals surface area contributed by atoms with E-state index >= 15 is 0 Å². The Bertz CT molecular complexity index is 811. The van der Waals surface area contributed by atoms with E-state index in [-0.39, 0.29) is 18.0 Å². The first-order chi connectivity index (χ1) is 10.7. The Morgan fingerprint density at radius 3 is 2.68 bits per heavy atom. The largest absolute Gasteiger partial charge is 0.496 e. The van der Waals surface area contributed by atoms with Crippen molar-refractivity contribution in [2.75, 3.05) is 7.11 Å². The van der Waals surface area contributed by atoms with E-state index in [0.717, 1.165) is 35.4 Å². The van der Waals surface area contributed by atoms with Crippen LogP contribution < -0.4 is 10.3 Å². The molecular formula is C18H18N2O2. The van der Waals surface area contributed by atoms with Crippen molar-refractivity contribution in [1.29, 1.82) is 5.26 Å². The van der Waals surface area contributed by atoms with Crippen LogP contribution in [0.3, 0.4) is 0 Å². The van der Waals surface area contributed by atoms with Crippen LogP contribution in [-0.2, 0) is 6.42 Å². The molecule has 1 aliphatic rings. The number of aromatic nitrogens is 1. The summed E-state index contributed by atoms with van der Waals surface area (Å²) < 4.78 is 7.15. The summed E-state index contributed by atoms with van der Waals surface area (Å²) in [7, 11) is 1.65. The van der Waals surface area contributed by atoms with Gasteiger partial charge in [0.1, 0.15) is 5.75 Å². The number of hydrogen-bond donors (Lipinski definition) is 0. The van der Waals surface area contributed by atoms with Crippen molar-refractivity contribution in [2.24, 2.45) is 0 Å². The quantitative estimate of drug-likeness (QED) is 0.870. The SMILES string of the molecule is COc1ccc(-c2ccc(CC#N)c(=O)n2C2CC2)cc1C. The molecule has 4 heteroatoms. The molecule has 0 atom stereocenters. The maximum absolute atomic E-state index is 12.6. The van der Waals surface area contributed by atoms with Crippen LogP contribution in [0, 0.1) is 18.3 Å². The highest BCUT2D eigenvalue weighted by molar-refractivity contribution is 5.63. The first-order valence-electron chi connectivity index (χ1n) is 7.42. The number of hydrogen-bond acceptors (Lipinski definition) is 3. The molecule has 22 heavy (non-hydrogen) atoms. The van der Waals surface area contributed by atoms with Gasteiger partial charge in [0.05, 0.1) is 25.3 Å². The van der Waals surface area contributed by atoms with Crippen molar-refractivity contribution in [3.63, 3.8) is 0 Å². The van der Waals surface area contributed by atoms with Crippen LogP contribution in [0.2, 0.25) is 0 Å². The Labute approximate surface area is 129 Å². The maximum Gasteiger partial charge on any atom is 0.255 e. The molecule has 0 radical (unpaired) electrons. The second kappa shape index (κ2) is 5.69. The first-order valence-corrected chi connectivity index (χ1v) is 7.42. The third kappa shape index (κ3) is 2.50. The zero-order valence-electron chi connectivity index (χ0n) is 12.8. The molecule has 2 aromatic rings. The highest BCUT2D eigenvalue weighted by atomic mass is 16.5. The van der Waals surface area contributed by atoms with Crippen LogP contribution in [0.4, 0.5) is 0 Å². The molecule has 0 amide bonds. The summed E-state index contributed by atoms with van der Waals surface area (Å²) in [4.78, 5) is 12.6. The molecule has 1 saturated carbocycles. The molecule has 4 nitrogen and oxygen atoms in total. The van der Waals surface area contributed by atoms with Crippen LogP contribution in [-0.4, -0.2) is 11.7 Å². The molecule has 3 rings (SSSR count).